The zero-order valence-corrected chi connectivity index (χ0v) is 47.0. The van der Waals surface area contributed by atoms with Crippen molar-refractivity contribution in [2.45, 2.75) is 39.0 Å². The van der Waals surface area contributed by atoms with Gasteiger partial charge in [-0.25, -0.2) is 4.79 Å². The summed E-state index contributed by atoms with van der Waals surface area (Å²) in [6.45, 7) is 1.64. The maximum Gasteiger partial charge on any atom is 0.530 e. The average molecular weight is 1140 g/mol. The Balaban J connectivity index is 1.45. The van der Waals surface area contributed by atoms with Crippen LogP contribution in [0.25, 0.3) is 16.3 Å². The predicted octanol–water partition coefficient (Wildman–Crippen LogP) is 11.1. The molecular weight excluding hydrogens is 1080 g/mol. The zero-order chi connectivity index (χ0) is 57.6. The molecule has 0 N–H and O–H groups in total. The molecule has 81 heavy (non-hydrogen) atoms. The molecule has 0 radical (unpaired) electrons. The standard InChI is InChI=1S/C61H56O18P2/c1-61(60(67)73-7)37-43-25-9-15-27-45(43)56(58(61)79-81(76-49-30-18-12-23-41(49)35-53(64)70-4)77-50-31-19-13-24-42(50)36-54(65)71-5)55-44-26-14-8-20-38(44)32-46(59(66)72-6)57(55)78-80(74-47-28-16-10-21-39(47)33-51(62)68-2)75-48-29-17-11-22-40(48)34-52(63)69-3/h8-32H,33-37H2,1-7H3. The lowest BCUT2D eigenvalue weighted by Crippen LogP contribution is -2.38. The second-order valence-corrected chi connectivity index (χ2v) is 20.1. The van der Waals surface area contributed by atoms with E-state index in [1.807, 2.05) is 18.2 Å². The number of hydrogen-bond acceptors (Lipinski definition) is 18. The third kappa shape index (κ3) is 13.5. The third-order valence-corrected chi connectivity index (χ3v) is 15.1. The Kier molecular flexibility index (Phi) is 19.2. The van der Waals surface area contributed by atoms with Crippen LogP contribution >= 0.6 is 17.2 Å². The summed E-state index contributed by atoms with van der Waals surface area (Å²) >= 11 is 0. The van der Waals surface area contributed by atoms with Crippen LogP contribution in [0.2, 0.25) is 0 Å². The third-order valence-electron chi connectivity index (χ3n) is 13.0. The first kappa shape index (κ1) is 58.2. The SMILES string of the molecule is COC(=O)Cc1ccccc1OP(OC1=C(c2c(OP(Oc3ccccc3CC(=O)OC)Oc3ccccc3CC(=O)OC)c(C(=O)OC)cc3ccccc23)c2ccccc2CC1(C)C(=O)OC)Oc1ccccc1CC(=O)OC. The van der Waals surface area contributed by atoms with Crippen molar-refractivity contribution >= 4 is 69.4 Å². The molecule has 0 heterocycles. The van der Waals surface area contributed by atoms with Gasteiger partial charge in [0.05, 0.1) is 68.3 Å². The van der Waals surface area contributed by atoms with Crippen molar-refractivity contribution in [1.82, 2.24) is 0 Å². The molecule has 18 nitrogen and oxygen atoms in total. The van der Waals surface area contributed by atoms with E-state index in [-0.39, 0.29) is 83.3 Å². The van der Waals surface area contributed by atoms with Gasteiger partial charge in [0.2, 0.25) is 0 Å². The van der Waals surface area contributed by atoms with Crippen LogP contribution in [0.1, 0.15) is 56.2 Å². The van der Waals surface area contributed by atoms with Crippen LogP contribution < -0.4 is 22.6 Å². The van der Waals surface area contributed by atoms with E-state index in [0.29, 0.717) is 44.2 Å². The Hall–Kier alpha value is -8.98. The van der Waals surface area contributed by atoms with Gasteiger partial charge in [-0.3, -0.25) is 24.0 Å². The van der Waals surface area contributed by atoms with Gasteiger partial charge in [-0.2, -0.15) is 0 Å². The van der Waals surface area contributed by atoms with Crippen LogP contribution in [0.3, 0.4) is 0 Å². The number of benzene rings is 7. The first-order chi connectivity index (χ1) is 39.2. The van der Waals surface area contributed by atoms with Gasteiger partial charge in [0.25, 0.3) is 0 Å². The first-order valence-electron chi connectivity index (χ1n) is 25.0. The van der Waals surface area contributed by atoms with E-state index in [1.165, 1.54) is 42.7 Å². The van der Waals surface area contributed by atoms with Gasteiger partial charge < -0.3 is 55.6 Å². The molecule has 1 aliphatic rings. The molecule has 0 saturated heterocycles. The molecule has 0 aromatic heterocycles. The molecule has 1 atom stereocenters. The van der Waals surface area contributed by atoms with Crippen molar-refractivity contribution in [3.8, 4) is 28.7 Å². The fourth-order valence-corrected chi connectivity index (χ4v) is 11.3. The number of carbonyl (C=O) groups excluding carboxylic acids is 6. The van der Waals surface area contributed by atoms with Crippen molar-refractivity contribution in [3.05, 3.63) is 202 Å². The van der Waals surface area contributed by atoms with Gasteiger partial charge in [-0.1, -0.05) is 121 Å². The number of hydrogen-bond donors (Lipinski definition) is 0. The van der Waals surface area contributed by atoms with Crippen LogP contribution in [0.5, 0.6) is 28.7 Å². The fraction of sp³-hybridized carbons (Fsp3) is 0.213. The first-order valence-corrected chi connectivity index (χ1v) is 27.2. The molecule has 0 saturated carbocycles. The van der Waals surface area contributed by atoms with Crippen LogP contribution in [-0.2, 0) is 89.0 Å². The molecule has 0 fully saturated rings. The molecule has 1 aliphatic carbocycles. The van der Waals surface area contributed by atoms with Gasteiger partial charge in [-0.15, -0.1) is 0 Å². The number of fused-ring (bicyclic) bond motifs is 2. The minimum atomic E-state index is -2.84. The van der Waals surface area contributed by atoms with Crippen molar-refractivity contribution in [2.75, 3.05) is 42.7 Å². The summed E-state index contributed by atoms with van der Waals surface area (Å²) in [7, 11) is 1.83. The van der Waals surface area contributed by atoms with Crippen LogP contribution in [0.15, 0.2) is 157 Å². The topological polar surface area (TPSA) is 213 Å². The molecule has 0 amide bonds. The van der Waals surface area contributed by atoms with E-state index in [9.17, 15) is 28.8 Å². The Bertz CT molecular complexity index is 3400. The monoisotopic (exact) mass is 1140 g/mol. The van der Waals surface area contributed by atoms with Crippen molar-refractivity contribution in [2.24, 2.45) is 5.41 Å². The molecular formula is C61H56O18P2. The normalized spacial score (nSPS) is 13.5. The van der Waals surface area contributed by atoms with E-state index < -0.39 is 58.4 Å². The van der Waals surface area contributed by atoms with Crippen molar-refractivity contribution < 1.29 is 84.3 Å². The van der Waals surface area contributed by atoms with E-state index in [2.05, 4.69) is 0 Å². The van der Waals surface area contributed by atoms with Gasteiger partial charge in [0.15, 0.2) is 5.75 Å². The summed E-state index contributed by atoms with van der Waals surface area (Å²) in [4.78, 5) is 80.8. The number of para-hydroxylation sites is 4. The highest BCUT2D eigenvalue weighted by molar-refractivity contribution is 7.43. The Labute approximate surface area is 469 Å². The number of rotatable bonds is 23. The predicted molar refractivity (Wildman–Crippen MR) is 298 cm³/mol. The van der Waals surface area contributed by atoms with E-state index in [1.54, 1.807) is 140 Å². The maximum absolute atomic E-state index is 14.9. The smallest absolute Gasteiger partial charge is 0.469 e. The van der Waals surface area contributed by atoms with Gasteiger partial charge in [0.1, 0.15) is 39.7 Å². The Morgan fingerprint density at radius 3 is 1.27 bits per heavy atom. The maximum atomic E-state index is 14.9. The van der Waals surface area contributed by atoms with Gasteiger partial charge in [0, 0.05) is 33.4 Å². The number of methoxy groups -OCH3 is 6. The number of carbonyl (C=O) groups is 6. The highest BCUT2D eigenvalue weighted by Crippen LogP contribution is 2.58. The summed E-state index contributed by atoms with van der Waals surface area (Å²) in [5.74, 6) is -3.53. The highest BCUT2D eigenvalue weighted by Gasteiger charge is 2.49. The van der Waals surface area contributed by atoms with E-state index >= 15 is 0 Å². The van der Waals surface area contributed by atoms with Crippen LogP contribution in [0, 0.1) is 5.41 Å². The number of esters is 6. The number of ether oxygens (including phenoxy) is 6. The summed E-state index contributed by atoms with van der Waals surface area (Å²) in [5, 5.41) is 0.974. The molecule has 7 aromatic carbocycles. The molecule has 8 rings (SSSR count). The minimum absolute atomic E-state index is 0.00654. The average Bonchev–Trinajstić information content (AvgIpc) is 2.59. The minimum Gasteiger partial charge on any atom is -0.469 e. The molecule has 0 bridgehead atoms. The van der Waals surface area contributed by atoms with Crippen LogP contribution in [0.4, 0.5) is 0 Å². The molecule has 7 aromatic rings. The second-order valence-electron chi connectivity index (χ2n) is 18.1. The summed E-state index contributed by atoms with van der Waals surface area (Å²) < 4.78 is 72.5. The summed E-state index contributed by atoms with van der Waals surface area (Å²) in [5.41, 5.74) is 1.21. The van der Waals surface area contributed by atoms with E-state index in [0.717, 1.165) is 0 Å². The van der Waals surface area contributed by atoms with Crippen molar-refractivity contribution in [3.63, 3.8) is 0 Å². The highest BCUT2D eigenvalue weighted by atomic mass is 31.2. The lowest BCUT2D eigenvalue weighted by atomic mass is 9.71. The Morgan fingerprint density at radius 2 is 0.840 bits per heavy atom. The van der Waals surface area contributed by atoms with Crippen LogP contribution in [-0.4, -0.2) is 78.5 Å². The Morgan fingerprint density at radius 1 is 0.444 bits per heavy atom. The van der Waals surface area contributed by atoms with Gasteiger partial charge in [-0.05, 0) is 65.6 Å². The van der Waals surface area contributed by atoms with Crippen molar-refractivity contribution in [1.29, 1.82) is 0 Å². The van der Waals surface area contributed by atoms with E-state index in [4.69, 9.17) is 55.6 Å². The second kappa shape index (κ2) is 26.8. The lowest BCUT2D eigenvalue weighted by molar-refractivity contribution is -0.151. The fourth-order valence-electron chi connectivity index (χ4n) is 8.94. The zero-order valence-electron chi connectivity index (χ0n) is 45.2. The molecule has 0 aliphatic heterocycles. The largest absolute Gasteiger partial charge is 0.530 e. The molecule has 20 heteroatoms. The lowest BCUT2D eigenvalue weighted by Gasteiger charge is -2.37. The summed E-state index contributed by atoms with van der Waals surface area (Å²) in [6, 6.07) is 42.7. The quantitative estimate of drug-likeness (QED) is 0.0331. The summed E-state index contributed by atoms with van der Waals surface area (Å²) in [6.07, 6.45) is -0.860. The van der Waals surface area contributed by atoms with Gasteiger partial charge >= 0.3 is 53.0 Å². The molecule has 1 unspecified atom stereocenters. The molecule has 0 spiro atoms. The molecule has 418 valence electrons.